The maximum absolute atomic E-state index is 13.6. The summed E-state index contributed by atoms with van der Waals surface area (Å²) < 4.78 is 13.6. The van der Waals surface area contributed by atoms with E-state index in [0.717, 1.165) is 10.9 Å². The number of carboxylic acid groups (broad SMARTS) is 1. The van der Waals surface area contributed by atoms with Gasteiger partial charge in [0.15, 0.2) is 5.82 Å². The third-order valence-corrected chi connectivity index (χ3v) is 3.45. The van der Waals surface area contributed by atoms with Crippen molar-refractivity contribution in [3.05, 3.63) is 56.0 Å². The molecule has 20 heavy (non-hydrogen) atoms. The van der Waals surface area contributed by atoms with E-state index in [1.54, 1.807) is 0 Å². The molecule has 1 aromatic heterocycles. The summed E-state index contributed by atoms with van der Waals surface area (Å²) in [7, 11) is 0. The van der Waals surface area contributed by atoms with Gasteiger partial charge in [-0.2, -0.15) is 0 Å². The minimum atomic E-state index is -1.02. The molecule has 104 valence electrons. The van der Waals surface area contributed by atoms with Crippen molar-refractivity contribution in [1.82, 2.24) is 0 Å². The molecule has 0 atom stereocenters. The highest BCUT2D eigenvalue weighted by Crippen LogP contribution is 2.22. The van der Waals surface area contributed by atoms with Gasteiger partial charge >= 0.3 is 5.97 Å². The number of halogens is 1. The van der Waals surface area contributed by atoms with E-state index < -0.39 is 16.7 Å². The van der Waals surface area contributed by atoms with Gasteiger partial charge in [-0.3, -0.25) is 10.1 Å². The number of nitrogens with one attached hydrogen (secondary N) is 1. The fourth-order valence-corrected chi connectivity index (χ4v) is 2.33. The van der Waals surface area contributed by atoms with Crippen LogP contribution in [0.4, 0.5) is 15.8 Å². The van der Waals surface area contributed by atoms with Gasteiger partial charge in [-0.05, 0) is 12.1 Å². The molecule has 2 N–H and O–H groups in total. The van der Waals surface area contributed by atoms with Gasteiger partial charge < -0.3 is 10.4 Å². The Morgan fingerprint density at radius 1 is 1.45 bits per heavy atom. The SMILES string of the molecule is O=C(O)c1csc(CNc2ccc([N+](=O)[O-])cc2F)c1. The molecule has 0 amide bonds. The number of benzene rings is 1. The summed E-state index contributed by atoms with van der Waals surface area (Å²) in [4.78, 5) is 21.2. The molecule has 0 bridgehead atoms. The van der Waals surface area contributed by atoms with Gasteiger partial charge in [0.25, 0.3) is 5.69 Å². The lowest BCUT2D eigenvalue weighted by Gasteiger charge is -2.05. The Morgan fingerprint density at radius 2 is 2.20 bits per heavy atom. The molecule has 8 heteroatoms. The predicted octanol–water partition coefficient (Wildman–Crippen LogP) is 3.11. The minimum absolute atomic E-state index is 0.126. The van der Waals surface area contributed by atoms with Crippen LogP contribution in [-0.2, 0) is 6.54 Å². The number of hydrogen-bond donors (Lipinski definition) is 2. The lowest BCUT2D eigenvalue weighted by atomic mass is 10.2. The van der Waals surface area contributed by atoms with E-state index >= 15 is 0 Å². The normalized spacial score (nSPS) is 10.2. The van der Waals surface area contributed by atoms with E-state index in [1.807, 2.05) is 0 Å². The number of nitrogens with zero attached hydrogens (tertiary/aromatic N) is 1. The zero-order valence-electron chi connectivity index (χ0n) is 10.00. The van der Waals surface area contributed by atoms with Crippen LogP contribution in [0.1, 0.15) is 15.2 Å². The second-order valence-corrected chi connectivity index (χ2v) is 4.88. The van der Waals surface area contributed by atoms with Crippen molar-refractivity contribution in [3.63, 3.8) is 0 Å². The molecule has 0 fully saturated rings. The molecule has 0 radical (unpaired) electrons. The highest BCUT2D eigenvalue weighted by molar-refractivity contribution is 7.10. The van der Waals surface area contributed by atoms with Gasteiger partial charge in [0.05, 0.1) is 22.2 Å². The first-order valence-electron chi connectivity index (χ1n) is 5.46. The molecule has 2 rings (SSSR count). The molecule has 1 heterocycles. The van der Waals surface area contributed by atoms with Gasteiger partial charge in [-0.15, -0.1) is 11.3 Å². The van der Waals surface area contributed by atoms with E-state index in [1.165, 1.54) is 34.9 Å². The van der Waals surface area contributed by atoms with Crippen LogP contribution in [0.25, 0.3) is 0 Å². The number of rotatable bonds is 5. The van der Waals surface area contributed by atoms with Crippen LogP contribution in [0.2, 0.25) is 0 Å². The van der Waals surface area contributed by atoms with E-state index in [4.69, 9.17) is 5.11 Å². The van der Waals surface area contributed by atoms with E-state index in [0.29, 0.717) is 0 Å². The first kappa shape index (κ1) is 13.9. The number of thiophene rings is 1. The number of non-ortho nitro benzene ring substituents is 1. The second kappa shape index (κ2) is 5.66. The van der Waals surface area contributed by atoms with Crippen LogP contribution in [0.15, 0.2) is 29.6 Å². The summed E-state index contributed by atoms with van der Waals surface area (Å²) in [5, 5.41) is 23.5. The maximum atomic E-state index is 13.6. The average Bonchev–Trinajstić information content (AvgIpc) is 2.86. The van der Waals surface area contributed by atoms with Crippen molar-refractivity contribution in [2.75, 3.05) is 5.32 Å². The smallest absolute Gasteiger partial charge is 0.336 e. The van der Waals surface area contributed by atoms with Crippen molar-refractivity contribution >= 4 is 28.7 Å². The van der Waals surface area contributed by atoms with Gasteiger partial charge in [0.1, 0.15) is 0 Å². The van der Waals surface area contributed by atoms with E-state index in [9.17, 15) is 19.3 Å². The molecule has 0 unspecified atom stereocenters. The summed E-state index contributed by atoms with van der Waals surface area (Å²) in [6, 6.07) is 4.80. The molecule has 0 aliphatic carbocycles. The van der Waals surface area contributed by atoms with Crippen LogP contribution in [0.5, 0.6) is 0 Å². The van der Waals surface area contributed by atoms with Crippen molar-refractivity contribution in [2.24, 2.45) is 0 Å². The van der Waals surface area contributed by atoms with Gasteiger partial charge in [-0.1, -0.05) is 0 Å². The Morgan fingerprint density at radius 3 is 2.75 bits per heavy atom. The number of anilines is 1. The molecule has 0 saturated carbocycles. The molecule has 1 aromatic carbocycles. The van der Waals surface area contributed by atoms with Gasteiger partial charge in [-0.25, -0.2) is 9.18 Å². The first-order valence-corrected chi connectivity index (χ1v) is 6.34. The summed E-state index contributed by atoms with van der Waals surface area (Å²) in [6.07, 6.45) is 0. The van der Waals surface area contributed by atoms with Gasteiger partial charge in [0, 0.05) is 22.9 Å². The lowest BCUT2D eigenvalue weighted by Crippen LogP contribution is -2.01. The van der Waals surface area contributed by atoms with Crippen molar-refractivity contribution < 1.29 is 19.2 Å². The summed E-state index contributed by atoms with van der Waals surface area (Å²) in [5.74, 6) is -1.75. The zero-order chi connectivity index (χ0) is 14.7. The number of nitro groups is 1. The molecule has 0 saturated heterocycles. The van der Waals surface area contributed by atoms with Gasteiger partial charge in [0.2, 0.25) is 0 Å². The van der Waals surface area contributed by atoms with E-state index in [-0.39, 0.29) is 23.5 Å². The third kappa shape index (κ3) is 3.09. The Labute approximate surface area is 116 Å². The molecular formula is C12H9FN2O4S. The maximum Gasteiger partial charge on any atom is 0.336 e. The molecule has 0 spiro atoms. The lowest BCUT2D eigenvalue weighted by molar-refractivity contribution is -0.385. The van der Waals surface area contributed by atoms with Crippen molar-refractivity contribution in [1.29, 1.82) is 0 Å². The standard InChI is InChI=1S/C12H9FN2O4S/c13-10-4-8(15(18)19)1-2-11(10)14-5-9-3-7(6-20-9)12(16)17/h1-4,6,14H,5H2,(H,16,17). The number of hydrogen-bond acceptors (Lipinski definition) is 5. The molecule has 2 aromatic rings. The zero-order valence-corrected chi connectivity index (χ0v) is 10.8. The highest BCUT2D eigenvalue weighted by Gasteiger charge is 2.11. The third-order valence-electron chi connectivity index (χ3n) is 2.52. The molecule has 6 nitrogen and oxygen atoms in total. The van der Waals surface area contributed by atoms with Crippen LogP contribution in [0, 0.1) is 15.9 Å². The Kier molecular flexibility index (Phi) is 3.94. The largest absolute Gasteiger partial charge is 0.478 e. The van der Waals surface area contributed by atoms with Crippen LogP contribution >= 0.6 is 11.3 Å². The summed E-state index contributed by atoms with van der Waals surface area (Å²) in [6.45, 7) is 0.243. The molecule has 0 aliphatic heterocycles. The minimum Gasteiger partial charge on any atom is -0.478 e. The van der Waals surface area contributed by atoms with Crippen LogP contribution in [-0.4, -0.2) is 16.0 Å². The topological polar surface area (TPSA) is 92.5 Å². The predicted molar refractivity (Wildman–Crippen MR) is 71.7 cm³/mol. The fourth-order valence-electron chi connectivity index (χ4n) is 1.53. The van der Waals surface area contributed by atoms with Crippen molar-refractivity contribution in [3.8, 4) is 0 Å². The summed E-state index contributed by atoms with van der Waals surface area (Å²) >= 11 is 1.24. The number of carbonyl (C=O) groups is 1. The fraction of sp³-hybridized carbons (Fsp3) is 0.0833. The second-order valence-electron chi connectivity index (χ2n) is 3.88. The molecular weight excluding hydrogens is 287 g/mol. The Balaban J connectivity index is 2.06. The quantitative estimate of drug-likeness (QED) is 0.653. The first-order chi connectivity index (χ1) is 9.47. The van der Waals surface area contributed by atoms with Crippen LogP contribution in [0.3, 0.4) is 0 Å². The number of aromatic carboxylic acids is 1. The highest BCUT2D eigenvalue weighted by atomic mass is 32.1. The average molecular weight is 296 g/mol. The number of carboxylic acids is 1. The Bertz CT molecular complexity index is 671. The Hall–Kier alpha value is -2.48. The van der Waals surface area contributed by atoms with E-state index in [2.05, 4.69) is 5.32 Å². The van der Waals surface area contributed by atoms with Crippen LogP contribution < -0.4 is 5.32 Å². The van der Waals surface area contributed by atoms with Crippen molar-refractivity contribution in [2.45, 2.75) is 6.54 Å². The number of nitro benzene ring substituents is 1. The monoisotopic (exact) mass is 296 g/mol. The summed E-state index contributed by atoms with van der Waals surface area (Å²) in [5.41, 5.74) is -0.0193. The molecule has 0 aliphatic rings.